The molecule has 8 nitrogen and oxygen atoms in total. The topological polar surface area (TPSA) is 90.4 Å². The van der Waals surface area contributed by atoms with Crippen LogP contribution in [0.15, 0.2) is 48.7 Å². The maximum Gasteiger partial charge on any atom is 0.244 e. The van der Waals surface area contributed by atoms with Crippen LogP contribution in [0.25, 0.3) is 0 Å². The highest BCUT2D eigenvalue weighted by Crippen LogP contribution is 2.32. The molecule has 0 amide bonds. The first-order valence-electron chi connectivity index (χ1n) is 9.01. The Bertz CT molecular complexity index is 947. The summed E-state index contributed by atoms with van der Waals surface area (Å²) in [6, 6.07) is 13.5. The van der Waals surface area contributed by atoms with Crippen LogP contribution in [0.1, 0.15) is 19.4 Å². The van der Waals surface area contributed by atoms with Gasteiger partial charge in [-0.05, 0) is 55.8 Å². The number of nitrogens with zero attached hydrogens (tertiary/aromatic N) is 3. The van der Waals surface area contributed by atoms with E-state index in [2.05, 4.69) is 25.8 Å². The number of ether oxygens (including phenoxy) is 3. The van der Waals surface area contributed by atoms with Gasteiger partial charge in [-0.25, -0.2) is 0 Å². The molecule has 1 aliphatic rings. The molecule has 8 heteroatoms. The molecule has 3 aromatic rings. The molecule has 144 valence electrons. The minimum Gasteiger partial charge on any atom is -0.491 e. The molecule has 4 rings (SSSR count). The van der Waals surface area contributed by atoms with Crippen molar-refractivity contribution in [2.24, 2.45) is 0 Å². The Morgan fingerprint density at radius 3 is 2.71 bits per heavy atom. The van der Waals surface area contributed by atoms with Gasteiger partial charge in [-0.1, -0.05) is 6.07 Å². The zero-order valence-corrected chi connectivity index (χ0v) is 15.7. The van der Waals surface area contributed by atoms with Crippen molar-refractivity contribution in [3.63, 3.8) is 0 Å². The molecule has 2 heterocycles. The lowest BCUT2D eigenvalue weighted by Crippen LogP contribution is -2.07. The van der Waals surface area contributed by atoms with Gasteiger partial charge in [0.15, 0.2) is 17.3 Å². The van der Waals surface area contributed by atoms with Crippen molar-refractivity contribution in [2.75, 3.05) is 17.4 Å². The Balaban J connectivity index is 1.37. The Morgan fingerprint density at radius 2 is 1.89 bits per heavy atom. The molecule has 1 aliphatic heterocycles. The number of nitrogens with one attached hydrogen (secondary N) is 2. The van der Waals surface area contributed by atoms with E-state index in [1.54, 1.807) is 6.20 Å². The fourth-order valence-electron chi connectivity index (χ4n) is 2.71. The predicted molar refractivity (Wildman–Crippen MR) is 105 cm³/mol. The second-order valence-electron chi connectivity index (χ2n) is 6.52. The molecule has 0 spiro atoms. The number of rotatable bonds is 7. The second kappa shape index (κ2) is 7.99. The van der Waals surface area contributed by atoms with E-state index < -0.39 is 0 Å². The van der Waals surface area contributed by atoms with Crippen LogP contribution in [0.3, 0.4) is 0 Å². The highest BCUT2D eigenvalue weighted by molar-refractivity contribution is 5.57. The molecule has 0 saturated heterocycles. The number of hydrogen-bond donors (Lipinski definition) is 2. The van der Waals surface area contributed by atoms with Crippen LogP contribution in [0.2, 0.25) is 0 Å². The van der Waals surface area contributed by atoms with Gasteiger partial charge in [0.1, 0.15) is 5.75 Å². The quantitative estimate of drug-likeness (QED) is 0.642. The minimum atomic E-state index is 0.142. The van der Waals surface area contributed by atoms with E-state index in [0.717, 1.165) is 28.5 Å². The van der Waals surface area contributed by atoms with Crippen molar-refractivity contribution in [3.05, 3.63) is 54.2 Å². The predicted octanol–water partition coefficient (Wildman–Crippen LogP) is 3.74. The van der Waals surface area contributed by atoms with Gasteiger partial charge in [-0.3, -0.25) is 0 Å². The molecular formula is C20H21N5O3. The summed E-state index contributed by atoms with van der Waals surface area (Å²) in [7, 11) is 0. The van der Waals surface area contributed by atoms with Crippen molar-refractivity contribution >= 4 is 17.5 Å². The van der Waals surface area contributed by atoms with E-state index in [4.69, 9.17) is 14.2 Å². The Kier molecular flexibility index (Phi) is 5.09. The fraction of sp³-hybridized carbons (Fsp3) is 0.250. The van der Waals surface area contributed by atoms with Gasteiger partial charge in [0, 0.05) is 12.2 Å². The van der Waals surface area contributed by atoms with Crippen molar-refractivity contribution in [2.45, 2.75) is 26.5 Å². The molecule has 28 heavy (non-hydrogen) atoms. The summed E-state index contributed by atoms with van der Waals surface area (Å²) in [5.41, 5.74) is 1.92. The van der Waals surface area contributed by atoms with E-state index in [9.17, 15) is 0 Å². The van der Waals surface area contributed by atoms with Crippen LogP contribution in [0.5, 0.6) is 17.2 Å². The van der Waals surface area contributed by atoms with E-state index in [0.29, 0.717) is 18.3 Å². The Labute approximate surface area is 162 Å². The molecular weight excluding hydrogens is 358 g/mol. The lowest BCUT2D eigenvalue weighted by molar-refractivity contribution is 0.174. The lowest BCUT2D eigenvalue weighted by atomic mass is 10.2. The number of fused-ring (bicyclic) bond motifs is 1. The maximum absolute atomic E-state index is 5.65. The van der Waals surface area contributed by atoms with E-state index in [1.807, 2.05) is 56.3 Å². The minimum absolute atomic E-state index is 0.142. The van der Waals surface area contributed by atoms with Gasteiger partial charge in [0.25, 0.3) is 0 Å². The second-order valence-corrected chi connectivity index (χ2v) is 6.52. The first-order valence-corrected chi connectivity index (χ1v) is 9.01. The molecule has 0 fully saturated rings. The number of anilines is 3. The summed E-state index contributed by atoms with van der Waals surface area (Å²) in [5.74, 6) is 3.37. The van der Waals surface area contributed by atoms with Crippen molar-refractivity contribution < 1.29 is 14.2 Å². The standard InChI is InChI=1S/C20H21N5O3/c1-13(2)28-16-6-4-15(5-7-16)23-19-11-22-25-20(24-19)21-10-14-3-8-17-18(9-14)27-12-26-17/h3-9,11,13H,10,12H2,1-2H3,(H2,21,23,24,25). The van der Waals surface area contributed by atoms with Gasteiger partial charge < -0.3 is 24.8 Å². The van der Waals surface area contributed by atoms with Gasteiger partial charge in [-0.15, -0.1) is 5.10 Å². The first kappa shape index (κ1) is 17.8. The monoisotopic (exact) mass is 379 g/mol. The van der Waals surface area contributed by atoms with Gasteiger partial charge in [0.05, 0.1) is 12.3 Å². The van der Waals surface area contributed by atoms with E-state index in [1.165, 1.54) is 0 Å². The highest BCUT2D eigenvalue weighted by atomic mass is 16.7. The molecule has 0 radical (unpaired) electrons. The average molecular weight is 379 g/mol. The smallest absolute Gasteiger partial charge is 0.244 e. The Morgan fingerprint density at radius 1 is 1.07 bits per heavy atom. The zero-order valence-electron chi connectivity index (χ0n) is 15.7. The van der Waals surface area contributed by atoms with Crippen molar-refractivity contribution in [3.8, 4) is 17.2 Å². The Hall–Kier alpha value is -3.55. The molecule has 0 aliphatic carbocycles. The SMILES string of the molecule is CC(C)Oc1ccc(Nc2cnnc(NCc3ccc4c(c3)OCO4)n2)cc1. The van der Waals surface area contributed by atoms with Gasteiger partial charge >= 0.3 is 0 Å². The summed E-state index contributed by atoms with van der Waals surface area (Å²) >= 11 is 0. The van der Waals surface area contributed by atoms with E-state index in [-0.39, 0.29) is 12.9 Å². The maximum atomic E-state index is 5.65. The van der Waals surface area contributed by atoms with Crippen LogP contribution in [-0.4, -0.2) is 28.1 Å². The molecule has 2 aromatic carbocycles. The third-order valence-corrected chi connectivity index (χ3v) is 3.94. The number of hydrogen-bond acceptors (Lipinski definition) is 8. The summed E-state index contributed by atoms with van der Waals surface area (Å²) in [4.78, 5) is 4.44. The van der Waals surface area contributed by atoms with Crippen molar-refractivity contribution in [1.82, 2.24) is 15.2 Å². The van der Waals surface area contributed by atoms with Crippen LogP contribution < -0.4 is 24.8 Å². The zero-order chi connectivity index (χ0) is 19.3. The summed E-state index contributed by atoms with van der Waals surface area (Å²) in [5, 5.41) is 14.4. The normalized spacial score (nSPS) is 12.1. The van der Waals surface area contributed by atoms with Crippen LogP contribution >= 0.6 is 0 Å². The average Bonchev–Trinajstić information content (AvgIpc) is 3.16. The van der Waals surface area contributed by atoms with Crippen LogP contribution in [0.4, 0.5) is 17.5 Å². The third kappa shape index (κ3) is 4.40. The summed E-state index contributed by atoms with van der Waals surface area (Å²) in [6.07, 6.45) is 1.72. The fourth-order valence-corrected chi connectivity index (χ4v) is 2.71. The molecule has 0 unspecified atom stereocenters. The van der Waals surface area contributed by atoms with Gasteiger partial charge in [0.2, 0.25) is 12.7 Å². The van der Waals surface area contributed by atoms with Gasteiger partial charge in [-0.2, -0.15) is 10.1 Å². The molecule has 0 bridgehead atoms. The lowest BCUT2D eigenvalue weighted by Gasteiger charge is -2.11. The number of aromatic nitrogens is 3. The van der Waals surface area contributed by atoms with Crippen LogP contribution in [0, 0.1) is 0 Å². The summed E-state index contributed by atoms with van der Waals surface area (Å²) in [6.45, 7) is 4.80. The van der Waals surface area contributed by atoms with Crippen molar-refractivity contribution in [1.29, 1.82) is 0 Å². The summed E-state index contributed by atoms with van der Waals surface area (Å²) < 4.78 is 16.4. The molecule has 2 N–H and O–H groups in total. The highest BCUT2D eigenvalue weighted by Gasteiger charge is 2.13. The van der Waals surface area contributed by atoms with Crippen LogP contribution in [-0.2, 0) is 6.54 Å². The largest absolute Gasteiger partial charge is 0.491 e. The number of benzene rings is 2. The van der Waals surface area contributed by atoms with E-state index >= 15 is 0 Å². The molecule has 0 atom stereocenters. The third-order valence-electron chi connectivity index (χ3n) is 3.94. The molecule has 1 aromatic heterocycles. The molecule has 0 saturated carbocycles. The first-order chi connectivity index (χ1) is 13.7.